The van der Waals surface area contributed by atoms with Crippen molar-refractivity contribution in [3.63, 3.8) is 0 Å². The number of aliphatic hydroxyl groups is 1. The molecule has 0 bridgehead atoms. The second-order valence-corrected chi connectivity index (χ2v) is 6.04. The molecular weight excluding hydrogens is 305 g/mol. The number of pyridine rings is 1. The fourth-order valence-corrected chi connectivity index (χ4v) is 2.91. The molecule has 1 aromatic heterocycles. The number of hydrogen-bond donors (Lipinski definition) is 1. The molecule has 4 heteroatoms. The average Bonchev–Trinajstić information content (AvgIpc) is 2.53. The van der Waals surface area contributed by atoms with Gasteiger partial charge in [0.05, 0.1) is 11.6 Å². The Kier molecular flexibility index (Phi) is 4.16. The van der Waals surface area contributed by atoms with E-state index in [1.807, 2.05) is 25.1 Å². The van der Waals surface area contributed by atoms with Gasteiger partial charge in [-0.15, -0.1) is 0 Å². The number of benzene rings is 2. The van der Waals surface area contributed by atoms with Crippen LogP contribution in [0.25, 0.3) is 22.0 Å². The first kappa shape index (κ1) is 16.3. The normalized spacial score (nSPS) is 12.4. The summed E-state index contributed by atoms with van der Waals surface area (Å²) in [5.41, 5.74) is 4.10. The Bertz CT molecular complexity index is 931. The van der Waals surface area contributed by atoms with Gasteiger partial charge >= 0.3 is 0 Å². The maximum atomic E-state index is 13.2. The molecule has 2 aromatic carbocycles. The van der Waals surface area contributed by atoms with Crippen LogP contribution in [0.5, 0.6) is 0 Å². The SMILES string of the molecule is CC(=O)c1nc2cc(C)cc(C(C)O)c2cc1-c1ccc(F)cc1. The van der Waals surface area contributed by atoms with E-state index in [1.165, 1.54) is 19.1 Å². The van der Waals surface area contributed by atoms with Crippen molar-refractivity contribution >= 4 is 16.7 Å². The Morgan fingerprint density at radius 3 is 2.42 bits per heavy atom. The van der Waals surface area contributed by atoms with Gasteiger partial charge in [-0.1, -0.05) is 18.2 Å². The van der Waals surface area contributed by atoms with Crippen LogP contribution in [0.2, 0.25) is 0 Å². The molecule has 0 aliphatic heterocycles. The second kappa shape index (κ2) is 6.13. The van der Waals surface area contributed by atoms with E-state index in [0.29, 0.717) is 22.3 Å². The van der Waals surface area contributed by atoms with Crippen LogP contribution in [0.3, 0.4) is 0 Å². The van der Waals surface area contributed by atoms with Gasteiger partial charge in [0.15, 0.2) is 5.78 Å². The van der Waals surface area contributed by atoms with Gasteiger partial charge in [0.1, 0.15) is 11.5 Å². The minimum atomic E-state index is -0.654. The zero-order valence-corrected chi connectivity index (χ0v) is 13.8. The molecule has 1 unspecified atom stereocenters. The molecule has 0 saturated carbocycles. The first-order valence-electron chi connectivity index (χ1n) is 7.77. The molecule has 0 saturated heterocycles. The van der Waals surface area contributed by atoms with E-state index in [0.717, 1.165) is 16.5 Å². The zero-order valence-electron chi connectivity index (χ0n) is 13.8. The number of aliphatic hydroxyl groups excluding tert-OH is 1. The summed E-state index contributed by atoms with van der Waals surface area (Å²) in [4.78, 5) is 16.6. The van der Waals surface area contributed by atoms with E-state index < -0.39 is 6.10 Å². The highest BCUT2D eigenvalue weighted by molar-refractivity contribution is 6.02. The van der Waals surface area contributed by atoms with Gasteiger partial charge < -0.3 is 5.11 Å². The minimum absolute atomic E-state index is 0.156. The molecule has 0 aliphatic rings. The number of ketones is 1. The third kappa shape index (κ3) is 2.93. The lowest BCUT2D eigenvalue weighted by atomic mass is 9.95. The number of nitrogens with zero attached hydrogens (tertiary/aromatic N) is 1. The lowest BCUT2D eigenvalue weighted by molar-refractivity contribution is 0.101. The molecule has 1 N–H and O–H groups in total. The number of carbonyl (C=O) groups is 1. The van der Waals surface area contributed by atoms with Crippen molar-refractivity contribution in [2.45, 2.75) is 26.9 Å². The van der Waals surface area contributed by atoms with Crippen LogP contribution in [0.1, 0.15) is 41.6 Å². The van der Waals surface area contributed by atoms with Crippen LogP contribution in [0.4, 0.5) is 4.39 Å². The summed E-state index contributed by atoms with van der Waals surface area (Å²) in [5.74, 6) is -0.492. The molecule has 0 spiro atoms. The number of halogens is 1. The van der Waals surface area contributed by atoms with Crippen LogP contribution >= 0.6 is 0 Å². The van der Waals surface area contributed by atoms with Crippen molar-refractivity contribution in [2.24, 2.45) is 0 Å². The summed E-state index contributed by atoms with van der Waals surface area (Å²) >= 11 is 0. The van der Waals surface area contributed by atoms with E-state index in [1.54, 1.807) is 19.1 Å². The second-order valence-electron chi connectivity index (χ2n) is 6.04. The number of hydrogen-bond acceptors (Lipinski definition) is 3. The largest absolute Gasteiger partial charge is 0.389 e. The fourth-order valence-electron chi connectivity index (χ4n) is 2.91. The Morgan fingerprint density at radius 1 is 1.17 bits per heavy atom. The van der Waals surface area contributed by atoms with E-state index in [9.17, 15) is 14.3 Å². The maximum absolute atomic E-state index is 13.2. The summed E-state index contributed by atoms with van der Waals surface area (Å²) in [6.45, 7) is 5.09. The number of aromatic nitrogens is 1. The molecule has 1 heterocycles. The number of fused-ring (bicyclic) bond motifs is 1. The fraction of sp³-hybridized carbons (Fsp3) is 0.200. The van der Waals surface area contributed by atoms with Gasteiger partial charge in [-0.05, 0) is 54.8 Å². The van der Waals surface area contributed by atoms with Crippen molar-refractivity contribution in [2.75, 3.05) is 0 Å². The zero-order chi connectivity index (χ0) is 17.4. The summed E-state index contributed by atoms with van der Waals surface area (Å²) < 4.78 is 13.2. The predicted octanol–water partition coefficient (Wildman–Crippen LogP) is 4.61. The van der Waals surface area contributed by atoms with E-state index in [4.69, 9.17) is 0 Å². The van der Waals surface area contributed by atoms with Gasteiger partial charge in [0, 0.05) is 17.9 Å². The average molecular weight is 323 g/mol. The number of rotatable bonds is 3. The molecule has 3 aromatic rings. The highest BCUT2D eigenvalue weighted by atomic mass is 19.1. The quantitative estimate of drug-likeness (QED) is 0.716. The summed E-state index contributed by atoms with van der Waals surface area (Å²) in [6, 6.07) is 11.6. The first-order valence-corrected chi connectivity index (χ1v) is 7.77. The Morgan fingerprint density at radius 2 is 1.83 bits per heavy atom. The molecule has 0 radical (unpaired) electrons. The lowest BCUT2D eigenvalue weighted by Crippen LogP contribution is -2.03. The van der Waals surface area contributed by atoms with E-state index >= 15 is 0 Å². The lowest BCUT2D eigenvalue weighted by Gasteiger charge is -2.14. The molecule has 3 nitrogen and oxygen atoms in total. The molecule has 3 rings (SSSR count). The van der Waals surface area contributed by atoms with Crippen LogP contribution in [0.15, 0.2) is 42.5 Å². The first-order chi connectivity index (χ1) is 11.4. The van der Waals surface area contributed by atoms with Crippen LogP contribution in [-0.2, 0) is 0 Å². The predicted molar refractivity (Wildman–Crippen MR) is 92.5 cm³/mol. The monoisotopic (exact) mass is 323 g/mol. The Labute approximate surface area is 139 Å². The van der Waals surface area contributed by atoms with Gasteiger partial charge in [0.2, 0.25) is 0 Å². The van der Waals surface area contributed by atoms with Crippen molar-refractivity contribution in [1.82, 2.24) is 4.98 Å². The molecule has 0 amide bonds. The van der Waals surface area contributed by atoms with Crippen molar-refractivity contribution in [3.8, 4) is 11.1 Å². The molecule has 24 heavy (non-hydrogen) atoms. The Hall–Kier alpha value is -2.59. The van der Waals surface area contributed by atoms with Crippen molar-refractivity contribution in [1.29, 1.82) is 0 Å². The van der Waals surface area contributed by atoms with Crippen LogP contribution in [-0.4, -0.2) is 15.9 Å². The maximum Gasteiger partial charge on any atom is 0.178 e. The van der Waals surface area contributed by atoms with Crippen LogP contribution < -0.4 is 0 Å². The van der Waals surface area contributed by atoms with Gasteiger partial charge in [0.25, 0.3) is 0 Å². The summed E-state index contributed by atoms with van der Waals surface area (Å²) in [7, 11) is 0. The third-order valence-electron chi connectivity index (χ3n) is 4.05. The molecule has 0 aliphatic carbocycles. The third-order valence-corrected chi connectivity index (χ3v) is 4.05. The topological polar surface area (TPSA) is 50.2 Å². The van der Waals surface area contributed by atoms with Gasteiger partial charge in [-0.2, -0.15) is 0 Å². The number of Topliss-reactive ketones (excluding diaryl/α,β-unsaturated/α-hetero) is 1. The highest BCUT2D eigenvalue weighted by Crippen LogP contribution is 2.32. The van der Waals surface area contributed by atoms with Crippen LogP contribution in [0, 0.1) is 12.7 Å². The van der Waals surface area contributed by atoms with Gasteiger partial charge in [-0.3, -0.25) is 4.79 Å². The molecule has 1 atom stereocenters. The smallest absolute Gasteiger partial charge is 0.178 e. The number of carbonyl (C=O) groups excluding carboxylic acids is 1. The van der Waals surface area contributed by atoms with E-state index in [-0.39, 0.29) is 11.6 Å². The molecule has 122 valence electrons. The van der Waals surface area contributed by atoms with Crippen molar-refractivity contribution in [3.05, 3.63) is 65.1 Å². The molecule has 0 fully saturated rings. The Balaban J connectivity index is 2.36. The van der Waals surface area contributed by atoms with E-state index in [2.05, 4.69) is 4.98 Å². The summed E-state index contributed by atoms with van der Waals surface area (Å²) in [5, 5.41) is 10.9. The van der Waals surface area contributed by atoms with Crippen molar-refractivity contribution < 1.29 is 14.3 Å². The standard InChI is InChI=1S/C20H18FNO2/c1-11-8-16(12(2)23)18-10-17(14-4-6-15(21)7-5-14)20(13(3)24)22-19(18)9-11/h4-10,12,23H,1-3H3. The minimum Gasteiger partial charge on any atom is -0.389 e. The van der Waals surface area contributed by atoms with Gasteiger partial charge in [-0.25, -0.2) is 9.37 Å². The summed E-state index contributed by atoms with van der Waals surface area (Å²) in [6.07, 6.45) is -0.654. The number of aryl methyl sites for hydroxylation is 1. The highest BCUT2D eigenvalue weighted by Gasteiger charge is 2.16. The molecular formula is C20H18FNO2.